The van der Waals surface area contributed by atoms with Crippen LogP contribution in [0.4, 0.5) is 11.5 Å². The Balaban J connectivity index is 2.36. The number of rotatable bonds is 9. The molecule has 106 valence electrons. The van der Waals surface area contributed by atoms with Crippen molar-refractivity contribution in [1.82, 2.24) is 4.98 Å². The molecule has 1 aromatic heterocycles. The Morgan fingerprint density at radius 2 is 2.05 bits per heavy atom. The quantitative estimate of drug-likeness (QED) is 0.426. The topological polar surface area (TPSA) is 68.1 Å². The monoisotopic (exact) mass is 283 g/mol. The van der Waals surface area contributed by atoms with Crippen molar-refractivity contribution in [2.45, 2.75) is 32.6 Å². The Hall–Kier alpha value is -1.30. The van der Waals surface area contributed by atoms with Crippen LogP contribution in [0.3, 0.4) is 0 Å². The minimum absolute atomic E-state index is 0.0491. The Morgan fingerprint density at radius 1 is 1.32 bits per heavy atom. The lowest BCUT2D eigenvalue weighted by molar-refractivity contribution is -0.384. The molecule has 0 aliphatic heterocycles. The minimum Gasteiger partial charge on any atom is -0.364 e. The maximum atomic E-state index is 10.9. The number of pyridine rings is 1. The number of hydrogen-bond acceptors (Lipinski definition) is 5. The van der Waals surface area contributed by atoms with Crippen molar-refractivity contribution in [3.63, 3.8) is 0 Å². The molecule has 6 heteroatoms. The first-order chi connectivity index (χ1) is 9.15. The predicted octanol–water partition coefficient (Wildman–Crippen LogP) is 3.63. The molecule has 0 radical (unpaired) electrons. The van der Waals surface area contributed by atoms with Crippen LogP contribution in [0, 0.1) is 17.0 Å². The van der Waals surface area contributed by atoms with Crippen molar-refractivity contribution in [2.24, 2.45) is 0 Å². The molecule has 1 aromatic rings. The smallest absolute Gasteiger partial charge is 0.311 e. The van der Waals surface area contributed by atoms with Crippen molar-refractivity contribution in [2.75, 3.05) is 23.9 Å². The molecule has 0 aliphatic carbocycles. The van der Waals surface area contributed by atoms with Crippen LogP contribution in [0.2, 0.25) is 0 Å². The van der Waals surface area contributed by atoms with Crippen LogP contribution in [0.25, 0.3) is 0 Å². The summed E-state index contributed by atoms with van der Waals surface area (Å²) < 4.78 is 0. The third kappa shape index (κ3) is 5.92. The molecule has 0 saturated carbocycles. The molecule has 1 heterocycles. The highest BCUT2D eigenvalue weighted by atomic mass is 32.2. The third-order valence-electron chi connectivity index (χ3n) is 2.78. The summed E-state index contributed by atoms with van der Waals surface area (Å²) in [7, 11) is 0. The molecule has 0 fully saturated rings. The van der Waals surface area contributed by atoms with Crippen molar-refractivity contribution in [1.29, 1.82) is 0 Å². The second-order valence-electron chi connectivity index (χ2n) is 4.41. The average Bonchev–Trinajstić information content (AvgIpc) is 2.37. The molecule has 1 rings (SSSR count). The van der Waals surface area contributed by atoms with Crippen molar-refractivity contribution in [3.05, 3.63) is 27.9 Å². The summed E-state index contributed by atoms with van der Waals surface area (Å²) in [6.45, 7) is 2.56. The molecule has 0 unspecified atom stereocenters. The molecular weight excluding hydrogens is 262 g/mol. The van der Waals surface area contributed by atoms with Crippen LogP contribution in [0.5, 0.6) is 0 Å². The molecular formula is C13H21N3O2S. The summed E-state index contributed by atoms with van der Waals surface area (Å²) in [6, 6.07) is 3.16. The van der Waals surface area contributed by atoms with Gasteiger partial charge in [0.05, 0.1) is 4.92 Å². The van der Waals surface area contributed by atoms with Gasteiger partial charge in [0, 0.05) is 18.3 Å². The van der Waals surface area contributed by atoms with Gasteiger partial charge >= 0.3 is 5.69 Å². The van der Waals surface area contributed by atoms with Gasteiger partial charge in [-0.3, -0.25) is 10.1 Å². The molecule has 0 amide bonds. The van der Waals surface area contributed by atoms with Gasteiger partial charge in [-0.1, -0.05) is 12.8 Å². The maximum Gasteiger partial charge on any atom is 0.311 e. The first-order valence-corrected chi connectivity index (χ1v) is 7.89. The Labute approximate surface area is 118 Å². The van der Waals surface area contributed by atoms with E-state index in [1.165, 1.54) is 24.7 Å². The van der Waals surface area contributed by atoms with E-state index in [0.717, 1.165) is 25.1 Å². The number of thioether (sulfide) groups is 1. The van der Waals surface area contributed by atoms with Crippen LogP contribution in [-0.4, -0.2) is 28.5 Å². The highest BCUT2D eigenvalue weighted by Gasteiger charge is 2.14. The SMILES string of the molecule is CSCCCCCCNc1nc(C)ccc1[N+](=O)[O-]. The summed E-state index contributed by atoms with van der Waals surface area (Å²) in [4.78, 5) is 14.7. The van der Waals surface area contributed by atoms with Gasteiger partial charge in [0.15, 0.2) is 0 Å². The molecule has 0 atom stereocenters. The van der Waals surface area contributed by atoms with Gasteiger partial charge in [-0.25, -0.2) is 4.98 Å². The van der Waals surface area contributed by atoms with Crippen molar-refractivity contribution < 1.29 is 4.92 Å². The van der Waals surface area contributed by atoms with E-state index in [9.17, 15) is 10.1 Å². The molecule has 0 saturated heterocycles. The van der Waals surface area contributed by atoms with Gasteiger partial charge in [-0.05, 0) is 37.8 Å². The van der Waals surface area contributed by atoms with Crippen LogP contribution < -0.4 is 5.32 Å². The zero-order chi connectivity index (χ0) is 14.1. The maximum absolute atomic E-state index is 10.9. The molecule has 5 nitrogen and oxygen atoms in total. The van der Waals surface area contributed by atoms with Crippen molar-refractivity contribution >= 4 is 23.3 Å². The number of nitrogens with one attached hydrogen (secondary N) is 1. The zero-order valence-corrected chi connectivity index (χ0v) is 12.3. The third-order valence-corrected chi connectivity index (χ3v) is 3.47. The van der Waals surface area contributed by atoms with Gasteiger partial charge in [-0.15, -0.1) is 0 Å². The normalized spacial score (nSPS) is 10.4. The Bertz CT molecular complexity index is 413. The van der Waals surface area contributed by atoms with E-state index in [1.807, 2.05) is 18.7 Å². The van der Waals surface area contributed by atoms with E-state index in [-0.39, 0.29) is 5.69 Å². The van der Waals surface area contributed by atoms with E-state index in [4.69, 9.17) is 0 Å². The number of unbranched alkanes of at least 4 members (excludes halogenated alkanes) is 3. The molecule has 0 spiro atoms. The number of anilines is 1. The summed E-state index contributed by atoms with van der Waals surface area (Å²) >= 11 is 1.87. The van der Waals surface area contributed by atoms with Crippen LogP contribution in [0.1, 0.15) is 31.4 Å². The fourth-order valence-electron chi connectivity index (χ4n) is 1.76. The van der Waals surface area contributed by atoms with E-state index in [1.54, 1.807) is 6.07 Å². The van der Waals surface area contributed by atoms with E-state index in [0.29, 0.717) is 5.82 Å². The van der Waals surface area contributed by atoms with E-state index >= 15 is 0 Å². The number of aromatic nitrogens is 1. The summed E-state index contributed by atoms with van der Waals surface area (Å²) in [5.41, 5.74) is 0.834. The van der Waals surface area contributed by atoms with E-state index in [2.05, 4.69) is 16.6 Å². The number of aryl methyl sites for hydroxylation is 1. The first-order valence-electron chi connectivity index (χ1n) is 6.50. The predicted molar refractivity (Wildman–Crippen MR) is 81.0 cm³/mol. The highest BCUT2D eigenvalue weighted by Crippen LogP contribution is 2.21. The van der Waals surface area contributed by atoms with Crippen LogP contribution >= 0.6 is 11.8 Å². The molecule has 0 aliphatic rings. The van der Waals surface area contributed by atoms with Gasteiger partial charge in [0.2, 0.25) is 5.82 Å². The van der Waals surface area contributed by atoms with Gasteiger partial charge in [-0.2, -0.15) is 11.8 Å². The molecule has 19 heavy (non-hydrogen) atoms. The zero-order valence-electron chi connectivity index (χ0n) is 11.5. The number of nitrogens with zero attached hydrogens (tertiary/aromatic N) is 2. The lowest BCUT2D eigenvalue weighted by Gasteiger charge is -2.06. The van der Waals surface area contributed by atoms with Crippen LogP contribution in [-0.2, 0) is 0 Å². The first kappa shape index (κ1) is 15.8. The van der Waals surface area contributed by atoms with Crippen molar-refractivity contribution in [3.8, 4) is 0 Å². The summed E-state index contributed by atoms with van der Waals surface area (Å²) in [6.07, 6.45) is 6.73. The largest absolute Gasteiger partial charge is 0.364 e. The standard InChI is InChI=1S/C13H21N3O2S/c1-11-7-8-12(16(17)18)13(15-11)14-9-5-3-4-6-10-19-2/h7-8H,3-6,9-10H2,1-2H3,(H,14,15). The molecule has 1 N–H and O–H groups in total. The summed E-state index contributed by atoms with van der Waals surface area (Å²) in [5, 5.41) is 13.9. The fraction of sp³-hybridized carbons (Fsp3) is 0.615. The summed E-state index contributed by atoms with van der Waals surface area (Å²) in [5.74, 6) is 1.59. The lowest BCUT2D eigenvalue weighted by atomic mass is 10.2. The number of nitro groups is 1. The van der Waals surface area contributed by atoms with Gasteiger partial charge < -0.3 is 5.32 Å². The Kier molecular flexibility index (Phi) is 7.25. The number of hydrogen-bond donors (Lipinski definition) is 1. The fourth-order valence-corrected chi connectivity index (χ4v) is 2.25. The second-order valence-corrected chi connectivity index (χ2v) is 5.40. The second kappa shape index (κ2) is 8.74. The highest BCUT2D eigenvalue weighted by molar-refractivity contribution is 7.98. The average molecular weight is 283 g/mol. The lowest BCUT2D eigenvalue weighted by Crippen LogP contribution is -2.07. The molecule has 0 bridgehead atoms. The molecule has 0 aromatic carbocycles. The Morgan fingerprint density at radius 3 is 2.74 bits per heavy atom. The minimum atomic E-state index is -0.396. The van der Waals surface area contributed by atoms with E-state index < -0.39 is 4.92 Å². The van der Waals surface area contributed by atoms with Gasteiger partial charge in [0.25, 0.3) is 0 Å². The van der Waals surface area contributed by atoms with Gasteiger partial charge in [0.1, 0.15) is 0 Å². The van der Waals surface area contributed by atoms with Crippen LogP contribution in [0.15, 0.2) is 12.1 Å².